The number of hydrogen-bond acceptors (Lipinski definition) is 1. The number of aromatic nitrogens is 1. The quantitative estimate of drug-likeness (QED) is 0.680. The molecule has 0 spiro atoms. The Morgan fingerprint density at radius 3 is 2.25 bits per heavy atom. The molecule has 1 aliphatic carbocycles. The molecule has 0 aromatic carbocycles. The normalized spacial score (nSPS) is 17.8. The predicted molar refractivity (Wildman–Crippen MR) is 54.9 cm³/mol. The predicted octanol–water partition coefficient (Wildman–Crippen LogP) is 4.20. The van der Waals surface area contributed by atoms with Crippen LogP contribution in [0.25, 0.3) is 0 Å². The van der Waals surface area contributed by atoms with Gasteiger partial charge in [-0.25, -0.2) is 4.39 Å². The Labute approximate surface area is 96.6 Å². The third-order valence-electron chi connectivity index (χ3n) is 3.04. The first-order valence-corrected chi connectivity index (χ1v) is 5.69. The number of hydrogen-bond donors (Lipinski definition) is 0. The fourth-order valence-electron chi connectivity index (χ4n) is 2.23. The highest BCUT2D eigenvalue weighted by molar-refractivity contribution is 6.30. The van der Waals surface area contributed by atoms with Gasteiger partial charge in [0, 0.05) is 5.56 Å². The number of nitrogens with zero attached hydrogens (tertiary/aromatic N) is 1. The maximum atomic E-state index is 13.7. The van der Waals surface area contributed by atoms with Crippen LogP contribution in [0.5, 0.6) is 0 Å². The molecule has 1 aromatic heterocycles. The van der Waals surface area contributed by atoms with Crippen molar-refractivity contribution in [3.63, 3.8) is 0 Å². The summed E-state index contributed by atoms with van der Waals surface area (Å²) < 4.78 is 39.9. The van der Waals surface area contributed by atoms with Gasteiger partial charge in [-0.05, 0) is 18.8 Å². The van der Waals surface area contributed by atoms with Gasteiger partial charge in [0.2, 0.25) is 11.9 Å². The van der Waals surface area contributed by atoms with E-state index in [9.17, 15) is 13.2 Å². The van der Waals surface area contributed by atoms with E-state index in [2.05, 4.69) is 4.98 Å². The van der Waals surface area contributed by atoms with E-state index in [-0.39, 0.29) is 11.5 Å². The van der Waals surface area contributed by atoms with Gasteiger partial charge in [0.15, 0.2) is 5.82 Å². The van der Waals surface area contributed by atoms with Crippen molar-refractivity contribution in [3.8, 4) is 0 Å². The standard InChI is InChI=1S/C11H11ClF3N/c12-8-9(13)7(10(14)16-11(8)15)6-4-2-1-3-5-6/h6H,1-5H2. The van der Waals surface area contributed by atoms with E-state index in [4.69, 9.17) is 11.6 Å². The van der Waals surface area contributed by atoms with Crippen molar-refractivity contribution in [2.24, 2.45) is 0 Å². The average molecular weight is 250 g/mol. The number of pyridine rings is 1. The van der Waals surface area contributed by atoms with Crippen molar-refractivity contribution in [1.82, 2.24) is 4.98 Å². The second-order valence-electron chi connectivity index (χ2n) is 4.07. The van der Waals surface area contributed by atoms with E-state index in [1.54, 1.807) is 0 Å². The Morgan fingerprint density at radius 2 is 1.62 bits per heavy atom. The van der Waals surface area contributed by atoms with Crippen LogP contribution in [0.1, 0.15) is 43.6 Å². The minimum Gasteiger partial charge on any atom is -0.205 e. The van der Waals surface area contributed by atoms with Gasteiger partial charge in [0.05, 0.1) is 0 Å². The summed E-state index contributed by atoms with van der Waals surface area (Å²) in [5, 5.41) is -0.707. The molecule has 0 saturated heterocycles. The SMILES string of the molecule is Fc1nc(F)c(C2CCCCC2)c(F)c1Cl. The maximum Gasteiger partial charge on any atom is 0.237 e. The molecule has 0 aliphatic heterocycles. The van der Waals surface area contributed by atoms with Gasteiger partial charge in [-0.2, -0.15) is 13.8 Å². The molecule has 0 bridgehead atoms. The molecule has 1 fully saturated rings. The highest BCUT2D eigenvalue weighted by atomic mass is 35.5. The van der Waals surface area contributed by atoms with Gasteiger partial charge in [0.1, 0.15) is 5.02 Å². The van der Waals surface area contributed by atoms with Crippen LogP contribution in [-0.4, -0.2) is 4.98 Å². The molecule has 0 unspecified atom stereocenters. The average Bonchev–Trinajstić information content (AvgIpc) is 2.28. The van der Waals surface area contributed by atoms with Gasteiger partial charge in [-0.1, -0.05) is 30.9 Å². The summed E-state index contributed by atoms with van der Waals surface area (Å²) in [7, 11) is 0. The lowest BCUT2D eigenvalue weighted by atomic mass is 9.84. The largest absolute Gasteiger partial charge is 0.237 e. The zero-order valence-electron chi connectivity index (χ0n) is 8.57. The molecule has 1 heterocycles. The second kappa shape index (κ2) is 4.62. The molecule has 2 rings (SSSR count). The summed E-state index contributed by atoms with van der Waals surface area (Å²) in [6, 6.07) is 0. The summed E-state index contributed by atoms with van der Waals surface area (Å²) in [5.41, 5.74) is -0.147. The van der Waals surface area contributed by atoms with Crippen LogP contribution in [0.3, 0.4) is 0 Å². The molecular formula is C11H11ClF3N. The van der Waals surface area contributed by atoms with Gasteiger partial charge < -0.3 is 0 Å². The van der Waals surface area contributed by atoms with Gasteiger partial charge in [0.25, 0.3) is 0 Å². The topological polar surface area (TPSA) is 12.9 Å². The summed E-state index contributed by atoms with van der Waals surface area (Å²) in [5.74, 6) is -3.56. The molecule has 1 aromatic rings. The first kappa shape index (κ1) is 11.7. The zero-order chi connectivity index (χ0) is 11.7. The second-order valence-corrected chi connectivity index (χ2v) is 4.45. The summed E-state index contributed by atoms with van der Waals surface area (Å²) >= 11 is 5.39. The van der Waals surface area contributed by atoms with Crippen LogP contribution >= 0.6 is 11.6 Å². The van der Waals surface area contributed by atoms with Crippen molar-refractivity contribution < 1.29 is 13.2 Å². The van der Waals surface area contributed by atoms with Crippen molar-refractivity contribution in [2.75, 3.05) is 0 Å². The van der Waals surface area contributed by atoms with E-state index in [0.29, 0.717) is 12.8 Å². The molecule has 1 nitrogen and oxygen atoms in total. The third kappa shape index (κ3) is 2.03. The van der Waals surface area contributed by atoms with Crippen molar-refractivity contribution in [3.05, 3.63) is 28.3 Å². The van der Waals surface area contributed by atoms with E-state index in [1.165, 1.54) is 0 Å². The fourth-order valence-corrected chi connectivity index (χ4v) is 2.38. The van der Waals surface area contributed by atoms with Crippen LogP contribution in [0.2, 0.25) is 5.02 Å². The van der Waals surface area contributed by atoms with Crippen molar-refractivity contribution in [1.29, 1.82) is 0 Å². The van der Waals surface area contributed by atoms with Crippen LogP contribution < -0.4 is 0 Å². The Morgan fingerprint density at radius 1 is 1.00 bits per heavy atom. The van der Waals surface area contributed by atoms with Crippen molar-refractivity contribution >= 4 is 11.6 Å². The maximum absolute atomic E-state index is 13.7. The monoisotopic (exact) mass is 249 g/mol. The molecule has 5 heteroatoms. The van der Waals surface area contributed by atoms with Gasteiger partial charge in [-0.3, -0.25) is 0 Å². The lowest BCUT2D eigenvalue weighted by Crippen LogP contribution is -2.12. The first-order valence-electron chi connectivity index (χ1n) is 5.31. The Balaban J connectivity index is 2.42. The summed E-state index contributed by atoms with van der Waals surface area (Å²) in [6.07, 6.45) is 4.34. The van der Waals surface area contributed by atoms with Gasteiger partial charge >= 0.3 is 0 Å². The molecule has 0 atom stereocenters. The molecule has 16 heavy (non-hydrogen) atoms. The van der Waals surface area contributed by atoms with E-state index >= 15 is 0 Å². The Bertz CT molecular complexity index is 403. The van der Waals surface area contributed by atoms with Crippen LogP contribution in [0, 0.1) is 17.7 Å². The van der Waals surface area contributed by atoms with E-state index in [1.807, 2.05) is 0 Å². The molecule has 0 amide bonds. The first-order chi connectivity index (χ1) is 7.61. The highest BCUT2D eigenvalue weighted by Crippen LogP contribution is 2.37. The minimum atomic E-state index is -1.28. The molecule has 0 radical (unpaired) electrons. The van der Waals surface area contributed by atoms with E-state index < -0.39 is 22.7 Å². The Hall–Kier alpha value is -0.770. The smallest absolute Gasteiger partial charge is 0.205 e. The van der Waals surface area contributed by atoms with Crippen LogP contribution in [-0.2, 0) is 0 Å². The summed E-state index contributed by atoms with van der Waals surface area (Å²) in [6.45, 7) is 0. The van der Waals surface area contributed by atoms with Gasteiger partial charge in [-0.15, -0.1) is 0 Å². The minimum absolute atomic E-state index is 0.147. The molecular weight excluding hydrogens is 239 g/mol. The van der Waals surface area contributed by atoms with E-state index in [0.717, 1.165) is 19.3 Å². The molecule has 1 saturated carbocycles. The number of halogens is 4. The zero-order valence-corrected chi connectivity index (χ0v) is 9.33. The fraction of sp³-hybridized carbons (Fsp3) is 0.545. The summed E-state index contributed by atoms with van der Waals surface area (Å²) in [4.78, 5) is 3.00. The van der Waals surface area contributed by atoms with Crippen LogP contribution in [0.4, 0.5) is 13.2 Å². The molecule has 88 valence electrons. The van der Waals surface area contributed by atoms with Crippen LogP contribution in [0.15, 0.2) is 0 Å². The lowest BCUT2D eigenvalue weighted by Gasteiger charge is -2.22. The lowest BCUT2D eigenvalue weighted by molar-refractivity contribution is 0.396. The van der Waals surface area contributed by atoms with Crippen molar-refractivity contribution in [2.45, 2.75) is 38.0 Å². The third-order valence-corrected chi connectivity index (χ3v) is 3.36. The molecule has 1 aliphatic rings. The molecule has 0 N–H and O–H groups in total. The number of rotatable bonds is 1. The Kier molecular flexibility index (Phi) is 3.38. The highest BCUT2D eigenvalue weighted by Gasteiger charge is 2.27.